The van der Waals surface area contributed by atoms with E-state index in [1.165, 1.54) is 12.1 Å². The van der Waals surface area contributed by atoms with E-state index in [2.05, 4.69) is 13.2 Å². The summed E-state index contributed by atoms with van der Waals surface area (Å²) < 4.78 is 0. The van der Waals surface area contributed by atoms with Gasteiger partial charge in [0.1, 0.15) is 6.07 Å². The van der Waals surface area contributed by atoms with Gasteiger partial charge in [-0.1, -0.05) is 17.7 Å². The third kappa shape index (κ3) is 4.45. The van der Waals surface area contributed by atoms with Gasteiger partial charge in [0.25, 0.3) is 0 Å². The quantitative estimate of drug-likeness (QED) is 0.633. The van der Waals surface area contributed by atoms with Crippen molar-refractivity contribution in [1.29, 1.82) is 5.26 Å². The van der Waals surface area contributed by atoms with Crippen molar-refractivity contribution in [2.45, 2.75) is 0 Å². The van der Waals surface area contributed by atoms with Gasteiger partial charge in [0.05, 0.1) is 10.6 Å². The van der Waals surface area contributed by atoms with Gasteiger partial charge in [0.15, 0.2) is 0 Å². The number of carbonyl (C=O) groups is 1. The first-order valence-corrected chi connectivity index (χ1v) is 4.62. The number of hydrogen-bond acceptors (Lipinski definition) is 2. The fourth-order valence-electron chi connectivity index (χ4n) is 0.900. The monoisotopic (exact) mass is 235 g/mol. The molecule has 0 bridgehead atoms. The van der Waals surface area contributed by atoms with Crippen LogP contribution in [0.3, 0.4) is 0 Å². The molecule has 3 nitrogen and oxygen atoms in total. The van der Waals surface area contributed by atoms with Crippen LogP contribution >= 0.6 is 11.6 Å². The summed E-state index contributed by atoms with van der Waals surface area (Å²) in [6.45, 7) is 6.00. The molecule has 0 aromatic heterocycles. The van der Waals surface area contributed by atoms with Crippen molar-refractivity contribution in [2.75, 3.05) is 0 Å². The number of nitrogens with zero attached hydrogens (tertiary/aromatic N) is 1. The summed E-state index contributed by atoms with van der Waals surface area (Å²) in [6.07, 6.45) is 2.41. The van der Waals surface area contributed by atoms with Crippen LogP contribution in [-0.2, 0) is 4.79 Å². The van der Waals surface area contributed by atoms with Gasteiger partial charge in [-0.3, -0.25) is 0 Å². The van der Waals surface area contributed by atoms with Gasteiger partial charge in [0, 0.05) is 6.08 Å². The fourth-order valence-corrected chi connectivity index (χ4v) is 1.06. The third-order valence-corrected chi connectivity index (χ3v) is 1.86. The van der Waals surface area contributed by atoms with Crippen molar-refractivity contribution >= 4 is 23.6 Å². The van der Waals surface area contributed by atoms with E-state index < -0.39 is 5.97 Å². The average Bonchev–Trinajstić information content (AvgIpc) is 2.30. The van der Waals surface area contributed by atoms with Crippen molar-refractivity contribution in [2.24, 2.45) is 0 Å². The van der Waals surface area contributed by atoms with Crippen LogP contribution in [0, 0.1) is 11.3 Å². The summed E-state index contributed by atoms with van der Waals surface area (Å²) in [6, 6.07) is 6.64. The van der Waals surface area contributed by atoms with Crippen LogP contribution in [-0.4, -0.2) is 11.1 Å². The summed E-state index contributed by atoms with van der Waals surface area (Å²) in [5.74, 6) is -1.03. The minimum absolute atomic E-state index is 0.333. The van der Waals surface area contributed by atoms with Gasteiger partial charge in [-0.15, -0.1) is 13.2 Å². The number of hydrogen-bond donors (Lipinski definition) is 1. The van der Waals surface area contributed by atoms with Crippen LogP contribution in [0.1, 0.15) is 11.1 Å². The Morgan fingerprint density at radius 1 is 1.50 bits per heavy atom. The lowest BCUT2D eigenvalue weighted by Gasteiger charge is -1.96. The lowest BCUT2D eigenvalue weighted by atomic mass is 10.1. The van der Waals surface area contributed by atoms with Gasteiger partial charge in [-0.05, 0) is 23.8 Å². The number of aliphatic carboxylic acids is 1. The van der Waals surface area contributed by atoms with Crippen molar-refractivity contribution in [3.8, 4) is 6.07 Å². The second kappa shape index (κ2) is 7.27. The second-order valence-corrected chi connectivity index (χ2v) is 2.93. The smallest absolute Gasteiger partial charge is 0.328 e. The van der Waals surface area contributed by atoms with Gasteiger partial charge < -0.3 is 5.11 Å². The highest BCUT2D eigenvalue weighted by Gasteiger charge is 1.98. The van der Waals surface area contributed by atoms with Crippen molar-refractivity contribution in [3.63, 3.8) is 0 Å². The van der Waals surface area contributed by atoms with E-state index in [0.29, 0.717) is 16.1 Å². The largest absolute Gasteiger partial charge is 0.478 e. The molecule has 82 valence electrons. The molecule has 16 heavy (non-hydrogen) atoms. The first kappa shape index (κ1) is 14.0. The highest BCUT2D eigenvalue weighted by Crippen LogP contribution is 2.17. The molecular formula is C12H10ClNO2. The van der Waals surface area contributed by atoms with E-state index in [-0.39, 0.29) is 0 Å². The third-order valence-electron chi connectivity index (χ3n) is 1.53. The minimum atomic E-state index is -1.03. The molecule has 1 rings (SSSR count). The molecule has 0 aliphatic rings. The van der Waals surface area contributed by atoms with Crippen molar-refractivity contribution in [3.05, 3.63) is 53.6 Å². The number of rotatable bonds is 2. The Morgan fingerprint density at radius 3 is 2.62 bits per heavy atom. The van der Waals surface area contributed by atoms with E-state index in [1.807, 2.05) is 6.07 Å². The van der Waals surface area contributed by atoms with Crippen molar-refractivity contribution in [1.82, 2.24) is 0 Å². The Hall–Kier alpha value is -2.05. The molecule has 0 heterocycles. The maximum atomic E-state index is 10.2. The zero-order valence-electron chi connectivity index (χ0n) is 8.48. The molecule has 0 saturated carbocycles. The molecule has 0 atom stereocenters. The van der Waals surface area contributed by atoms with Crippen molar-refractivity contribution < 1.29 is 9.90 Å². The average molecular weight is 236 g/mol. The molecule has 0 radical (unpaired) electrons. The first-order valence-electron chi connectivity index (χ1n) is 4.24. The standard InChI is InChI=1S/C10H6ClNO2.C2H4/c11-9-3-1-7(2-4-10(13)14)5-8(9)6-12;1-2/h1-5H,(H,13,14);1-2H2/b4-2+;. The highest BCUT2D eigenvalue weighted by atomic mass is 35.5. The summed E-state index contributed by atoms with van der Waals surface area (Å²) in [4.78, 5) is 10.2. The molecule has 0 saturated heterocycles. The van der Waals surface area contributed by atoms with E-state index >= 15 is 0 Å². The predicted octanol–water partition coefficient (Wildman–Crippen LogP) is 3.11. The zero-order chi connectivity index (χ0) is 12.6. The van der Waals surface area contributed by atoms with Crippen LogP contribution < -0.4 is 0 Å². The second-order valence-electron chi connectivity index (χ2n) is 2.52. The molecule has 1 aromatic carbocycles. The maximum Gasteiger partial charge on any atom is 0.328 e. The summed E-state index contributed by atoms with van der Waals surface area (Å²) in [7, 11) is 0. The van der Waals surface area contributed by atoms with Gasteiger partial charge in [0.2, 0.25) is 0 Å². The summed E-state index contributed by atoms with van der Waals surface area (Å²) in [5, 5.41) is 17.4. The molecular weight excluding hydrogens is 226 g/mol. The topological polar surface area (TPSA) is 61.1 Å². The Kier molecular flexibility index (Phi) is 6.34. The maximum absolute atomic E-state index is 10.2. The SMILES string of the molecule is C=C.N#Cc1cc(/C=C/C(=O)O)ccc1Cl. The zero-order valence-corrected chi connectivity index (χ0v) is 9.24. The number of halogens is 1. The lowest BCUT2D eigenvalue weighted by Crippen LogP contribution is -1.86. The van der Waals surface area contributed by atoms with E-state index in [0.717, 1.165) is 6.08 Å². The number of nitriles is 1. The molecule has 0 aliphatic carbocycles. The first-order chi connectivity index (χ1) is 7.63. The fraction of sp³-hybridized carbons (Fsp3) is 0. The normalized spacial score (nSPS) is 9.00. The number of carboxylic acid groups (broad SMARTS) is 1. The van der Waals surface area contributed by atoms with Gasteiger partial charge in [-0.25, -0.2) is 4.79 Å². The van der Waals surface area contributed by atoms with E-state index in [9.17, 15) is 4.79 Å². The van der Waals surface area contributed by atoms with Crippen LogP contribution in [0.4, 0.5) is 0 Å². The van der Waals surface area contributed by atoms with Gasteiger partial charge >= 0.3 is 5.97 Å². The highest BCUT2D eigenvalue weighted by molar-refractivity contribution is 6.31. The molecule has 0 unspecified atom stereocenters. The van der Waals surface area contributed by atoms with E-state index in [4.69, 9.17) is 22.0 Å². The molecule has 0 spiro atoms. The van der Waals surface area contributed by atoms with Crippen LogP contribution in [0.2, 0.25) is 5.02 Å². The summed E-state index contributed by atoms with van der Waals surface area (Å²) in [5.41, 5.74) is 0.965. The molecule has 0 fully saturated rings. The predicted molar refractivity (Wildman–Crippen MR) is 64.1 cm³/mol. The minimum Gasteiger partial charge on any atom is -0.478 e. The molecule has 0 aliphatic heterocycles. The van der Waals surface area contributed by atoms with Crippen LogP contribution in [0.5, 0.6) is 0 Å². The van der Waals surface area contributed by atoms with Crippen LogP contribution in [0.25, 0.3) is 6.08 Å². The lowest BCUT2D eigenvalue weighted by molar-refractivity contribution is -0.131. The number of benzene rings is 1. The molecule has 4 heteroatoms. The summed E-state index contributed by atoms with van der Waals surface area (Å²) >= 11 is 5.70. The molecule has 1 aromatic rings. The Balaban J connectivity index is 0.00000106. The Morgan fingerprint density at radius 2 is 2.12 bits per heavy atom. The molecule has 0 amide bonds. The number of carboxylic acids is 1. The van der Waals surface area contributed by atoms with Gasteiger partial charge in [-0.2, -0.15) is 5.26 Å². The Bertz CT molecular complexity index is 447. The Labute approximate surface area is 98.9 Å². The van der Waals surface area contributed by atoms with Crippen LogP contribution in [0.15, 0.2) is 37.4 Å². The molecule has 1 N–H and O–H groups in total. The van der Waals surface area contributed by atoms with E-state index in [1.54, 1.807) is 12.1 Å².